The van der Waals surface area contributed by atoms with Crippen molar-refractivity contribution < 1.29 is 14.6 Å². The van der Waals surface area contributed by atoms with Gasteiger partial charge in [-0.1, -0.05) is 0 Å². The maximum absolute atomic E-state index is 9.60. The number of aliphatic hydroxyl groups is 1. The average molecular weight is 189 g/mol. The molecule has 0 bridgehead atoms. The molecule has 4 nitrogen and oxygen atoms in total. The molecule has 0 spiro atoms. The quantitative estimate of drug-likeness (QED) is 0.582. The lowest BCUT2D eigenvalue weighted by Crippen LogP contribution is -2.57. The predicted molar refractivity (Wildman–Crippen MR) is 50.4 cm³/mol. The molecule has 2 N–H and O–H groups in total. The number of nitrogens with one attached hydrogen (secondary N) is 1. The van der Waals surface area contributed by atoms with Gasteiger partial charge < -0.3 is 15.2 Å². The second kappa shape index (κ2) is 4.58. The van der Waals surface area contributed by atoms with Crippen molar-refractivity contribution in [2.24, 2.45) is 0 Å². The fourth-order valence-electron chi connectivity index (χ4n) is 0.631. The van der Waals surface area contributed by atoms with Gasteiger partial charge in [0.05, 0.1) is 5.60 Å². The summed E-state index contributed by atoms with van der Waals surface area (Å²) in [7, 11) is 0. The highest BCUT2D eigenvalue weighted by molar-refractivity contribution is 5.37. The molecular weight excluding hydrogens is 170 g/mol. The zero-order valence-corrected chi connectivity index (χ0v) is 8.76. The van der Waals surface area contributed by atoms with E-state index in [1.54, 1.807) is 0 Å². The molecule has 0 atom stereocenters. The zero-order chi connectivity index (χ0) is 10.5. The summed E-state index contributed by atoms with van der Waals surface area (Å²) in [6.45, 7) is 9.26. The third-order valence-electron chi connectivity index (χ3n) is 1.41. The molecule has 1 fully saturated rings. The van der Waals surface area contributed by atoms with Crippen LogP contribution in [0.25, 0.3) is 0 Å². The molecule has 1 aliphatic heterocycles. The van der Waals surface area contributed by atoms with Crippen molar-refractivity contribution in [2.75, 3.05) is 13.1 Å². The van der Waals surface area contributed by atoms with Gasteiger partial charge in [0.2, 0.25) is 0 Å². The molecule has 0 unspecified atom stereocenters. The van der Waals surface area contributed by atoms with Gasteiger partial charge in [0.15, 0.2) is 0 Å². The minimum Gasteiger partial charge on any atom is -0.462 e. The highest BCUT2D eigenvalue weighted by Gasteiger charge is 2.27. The van der Waals surface area contributed by atoms with Gasteiger partial charge in [0, 0.05) is 13.1 Å². The summed E-state index contributed by atoms with van der Waals surface area (Å²) in [6.07, 6.45) is 0. The topological polar surface area (TPSA) is 58.6 Å². The van der Waals surface area contributed by atoms with E-state index in [9.17, 15) is 4.79 Å². The molecule has 1 heterocycles. The lowest BCUT2D eigenvalue weighted by Gasteiger charge is -2.33. The highest BCUT2D eigenvalue weighted by atomic mass is 16.5. The van der Waals surface area contributed by atoms with Crippen molar-refractivity contribution in [1.29, 1.82) is 0 Å². The van der Waals surface area contributed by atoms with Crippen molar-refractivity contribution in [1.82, 2.24) is 5.32 Å². The first-order valence-corrected chi connectivity index (χ1v) is 4.31. The zero-order valence-electron chi connectivity index (χ0n) is 8.76. The van der Waals surface area contributed by atoms with E-state index in [0.717, 1.165) is 13.1 Å². The number of carbonyl (C=O) groups excluding carboxylic acids is 1. The summed E-state index contributed by atoms with van der Waals surface area (Å²) >= 11 is 0. The fraction of sp³-hybridized carbons (Fsp3) is 0.889. The van der Waals surface area contributed by atoms with Crippen LogP contribution in [0.15, 0.2) is 0 Å². The van der Waals surface area contributed by atoms with E-state index in [2.05, 4.69) is 10.1 Å². The SMILES string of the molecule is CC(C)(C)OC=O.CC1(O)CNC1. The minimum absolute atomic E-state index is 0.318. The predicted octanol–water partition coefficient (Wildman–Crippen LogP) is 0.298. The molecule has 0 aromatic carbocycles. The summed E-state index contributed by atoms with van der Waals surface area (Å²) in [5.74, 6) is 0. The summed E-state index contributed by atoms with van der Waals surface area (Å²) in [5.41, 5.74) is -0.707. The molecule has 0 saturated carbocycles. The number of carbonyl (C=O) groups is 1. The van der Waals surface area contributed by atoms with Gasteiger partial charge in [-0.2, -0.15) is 0 Å². The van der Waals surface area contributed by atoms with E-state index in [0.29, 0.717) is 6.47 Å². The van der Waals surface area contributed by atoms with E-state index in [4.69, 9.17) is 5.11 Å². The van der Waals surface area contributed by atoms with E-state index in [1.807, 2.05) is 27.7 Å². The van der Waals surface area contributed by atoms with Gasteiger partial charge in [-0.25, -0.2) is 0 Å². The first-order valence-electron chi connectivity index (χ1n) is 4.31. The molecule has 4 heteroatoms. The van der Waals surface area contributed by atoms with Crippen LogP contribution in [0.3, 0.4) is 0 Å². The average Bonchev–Trinajstić information content (AvgIpc) is 1.83. The lowest BCUT2D eigenvalue weighted by atomic mass is 10.0. The highest BCUT2D eigenvalue weighted by Crippen LogP contribution is 2.06. The summed E-state index contributed by atoms with van der Waals surface area (Å²) in [5, 5.41) is 11.8. The Kier molecular flexibility index (Phi) is 4.36. The van der Waals surface area contributed by atoms with Crippen molar-refractivity contribution in [3.8, 4) is 0 Å². The molecule has 13 heavy (non-hydrogen) atoms. The van der Waals surface area contributed by atoms with E-state index >= 15 is 0 Å². The minimum atomic E-state index is -0.389. The van der Waals surface area contributed by atoms with Gasteiger partial charge in [0.25, 0.3) is 6.47 Å². The van der Waals surface area contributed by atoms with E-state index < -0.39 is 0 Å². The Morgan fingerprint density at radius 1 is 1.46 bits per heavy atom. The molecule has 0 aliphatic carbocycles. The van der Waals surface area contributed by atoms with Crippen molar-refractivity contribution in [2.45, 2.75) is 38.9 Å². The van der Waals surface area contributed by atoms with Crippen molar-refractivity contribution >= 4 is 6.47 Å². The third kappa shape index (κ3) is 7.74. The summed E-state index contributed by atoms with van der Waals surface area (Å²) in [4.78, 5) is 9.60. The van der Waals surface area contributed by atoms with Gasteiger partial charge in [-0.3, -0.25) is 4.79 Å². The maximum Gasteiger partial charge on any atom is 0.293 e. The second-order valence-corrected chi connectivity index (χ2v) is 4.43. The maximum atomic E-state index is 9.60. The van der Waals surface area contributed by atoms with Gasteiger partial charge in [-0.15, -0.1) is 0 Å². The van der Waals surface area contributed by atoms with E-state index in [-0.39, 0.29) is 11.2 Å². The third-order valence-corrected chi connectivity index (χ3v) is 1.41. The number of β-amino-alcohol motifs (C(OH)–C–C–N with tert-alkyl or cyclic N) is 1. The second-order valence-electron chi connectivity index (χ2n) is 4.43. The number of ether oxygens (including phenoxy) is 1. The molecule has 0 aromatic heterocycles. The van der Waals surface area contributed by atoms with Crippen LogP contribution < -0.4 is 5.32 Å². The Bertz CT molecular complexity index is 155. The molecular formula is C9H19NO3. The van der Waals surface area contributed by atoms with Crippen LogP contribution in [0.5, 0.6) is 0 Å². The van der Waals surface area contributed by atoms with Gasteiger partial charge >= 0.3 is 0 Å². The molecule has 1 rings (SSSR count). The first kappa shape index (κ1) is 12.4. The Labute approximate surface area is 79.3 Å². The van der Waals surface area contributed by atoms with Crippen molar-refractivity contribution in [3.63, 3.8) is 0 Å². The van der Waals surface area contributed by atoms with Crippen LogP contribution in [0.2, 0.25) is 0 Å². The van der Waals surface area contributed by atoms with Crippen LogP contribution in [-0.2, 0) is 9.53 Å². The molecule has 0 radical (unpaired) electrons. The summed E-state index contributed by atoms with van der Waals surface area (Å²) in [6, 6.07) is 0. The molecule has 1 aliphatic rings. The normalized spacial score (nSPS) is 19.2. The monoisotopic (exact) mass is 189 g/mol. The number of hydrogen-bond donors (Lipinski definition) is 2. The van der Waals surface area contributed by atoms with Crippen LogP contribution in [0.1, 0.15) is 27.7 Å². The summed E-state index contributed by atoms with van der Waals surface area (Å²) < 4.78 is 4.55. The largest absolute Gasteiger partial charge is 0.462 e. The van der Waals surface area contributed by atoms with Gasteiger partial charge in [-0.05, 0) is 27.7 Å². The van der Waals surface area contributed by atoms with Crippen LogP contribution in [0, 0.1) is 0 Å². The Balaban J connectivity index is 0.000000223. The van der Waals surface area contributed by atoms with Crippen LogP contribution in [-0.4, -0.2) is 35.9 Å². The standard InChI is InChI=1S/C5H10O2.C4H9NO/c1-5(2,3)7-4-6;1-4(6)2-5-3-4/h4H,1-3H3;5-6H,2-3H2,1H3. The smallest absolute Gasteiger partial charge is 0.293 e. The Morgan fingerprint density at radius 2 is 1.85 bits per heavy atom. The fourth-order valence-corrected chi connectivity index (χ4v) is 0.631. The Hall–Kier alpha value is -0.610. The van der Waals surface area contributed by atoms with Gasteiger partial charge in [0.1, 0.15) is 5.60 Å². The lowest BCUT2D eigenvalue weighted by molar-refractivity contribution is -0.138. The number of rotatable bonds is 1. The first-order chi connectivity index (χ1) is 5.77. The molecule has 78 valence electrons. The number of hydrogen-bond acceptors (Lipinski definition) is 4. The molecule has 0 amide bonds. The van der Waals surface area contributed by atoms with Crippen LogP contribution in [0.4, 0.5) is 0 Å². The van der Waals surface area contributed by atoms with Crippen molar-refractivity contribution in [3.05, 3.63) is 0 Å². The molecule has 0 aromatic rings. The molecule has 1 saturated heterocycles. The van der Waals surface area contributed by atoms with Crippen LogP contribution >= 0.6 is 0 Å². The Morgan fingerprint density at radius 3 is 1.85 bits per heavy atom. The van der Waals surface area contributed by atoms with E-state index in [1.165, 1.54) is 0 Å².